The minimum Gasteiger partial charge on any atom is -0.481 e. The first kappa shape index (κ1) is 10.7. The van der Waals surface area contributed by atoms with Gasteiger partial charge in [-0.3, -0.25) is 9.59 Å². The lowest BCUT2D eigenvalue weighted by Gasteiger charge is -2.10. The van der Waals surface area contributed by atoms with Crippen LogP contribution in [0.2, 0.25) is 0 Å². The van der Waals surface area contributed by atoms with Crippen molar-refractivity contribution in [1.29, 1.82) is 0 Å². The lowest BCUT2D eigenvalue weighted by atomic mass is 10.2. The molecule has 1 aliphatic rings. The van der Waals surface area contributed by atoms with Crippen molar-refractivity contribution < 1.29 is 19.1 Å². The summed E-state index contributed by atoms with van der Waals surface area (Å²) in [7, 11) is 0. The smallest absolute Gasteiger partial charge is 0.307 e. The Labute approximate surface area is 92.4 Å². The van der Waals surface area contributed by atoms with Gasteiger partial charge >= 0.3 is 5.97 Å². The maximum absolute atomic E-state index is 11.6. The van der Waals surface area contributed by atoms with Crippen LogP contribution >= 0.6 is 0 Å². The minimum absolute atomic E-state index is 0.212. The average molecular weight is 223 g/mol. The number of nitrogens with one attached hydrogen (secondary N) is 1. The molecule has 0 radical (unpaired) electrons. The second kappa shape index (κ2) is 4.00. The van der Waals surface area contributed by atoms with E-state index in [4.69, 9.17) is 9.52 Å². The number of rotatable bonds is 4. The molecule has 1 heterocycles. The van der Waals surface area contributed by atoms with E-state index in [9.17, 15) is 9.59 Å². The first-order valence-corrected chi connectivity index (χ1v) is 5.16. The largest absolute Gasteiger partial charge is 0.481 e. The second-order valence-electron chi connectivity index (χ2n) is 4.03. The Morgan fingerprint density at radius 3 is 2.81 bits per heavy atom. The molecule has 0 aromatic carbocycles. The average Bonchev–Trinajstić information content (AvgIpc) is 2.85. The number of hydrogen-bond acceptors (Lipinski definition) is 3. The predicted octanol–water partition coefficient (Wildman–Crippen LogP) is 1.18. The van der Waals surface area contributed by atoms with Crippen molar-refractivity contribution in [3.63, 3.8) is 0 Å². The maximum Gasteiger partial charge on any atom is 0.307 e. The van der Waals surface area contributed by atoms with E-state index in [0.717, 1.165) is 0 Å². The quantitative estimate of drug-likeness (QED) is 0.803. The van der Waals surface area contributed by atoms with Gasteiger partial charge < -0.3 is 14.8 Å². The van der Waals surface area contributed by atoms with Crippen molar-refractivity contribution in [2.45, 2.75) is 19.4 Å². The summed E-state index contributed by atoms with van der Waals surface area (Å²) < 4.78 is 5.14. The van der Waals surface area contributed by atoms with Crippen LogP contribution in [-0.2, 0) is 9.59 Å². The number of aliphatic carboxylic acids is 1. The zero-order valence-electron chi connectivity index (χ0n) is 8.84. The Morgan fingerprint density at radius 1 is 1.56 bits per heavy atom. The van der Waals surface area contributed by atoms with E-state index >= 15 is 0 Å². The maximum atomic E-state index is 11.6. The molecule has 0 aliphatic heterocycles. The number of carbonyl (C=O) groups excluding carboxylic acids is 1. The van der Waals surface area contributed by atoms with Crippen LogP contribution in [0.15, 0.2) is 22.8 Å². The highest BCUT2D eigenvalue weighted by molar-refractivity contribution is 5.89. The van der Waals surface area contributed by atoms with Crippen LogP contribution in [0.1, 0.15) is 25.1 Å². The van der Waals surface area contributed by atoms with Gasteiger partial charge in [0, 0.05) is 0 Å². The zero-order chi connectivity index (χ0) is 11.7. The van der Waals surface area contributed by atoms with Crippen molar-refractivity contribution >= 4 is 11.9 Å². The SMILES string of the molecule is CC(NC(=O)C1CC1C(=O)O)c1ccco1. The number of carboxylic acids is 1. The van der Waals surface area contributed by atoms with E-state index < -0.39 is 11.9 Å². The molecule has 16 heavy (non-hydrogen) atoms. The highest BCUT2D eigenvalue weighted by Gasteiger charge is 2.48. The molecule has 0 spiro atoms. The Kier molecular flexibility index (Phi) is 2.68. The van der Waals surface area contributed by atoms with Gasteiger partial charge in [0.15, 0.2) is 0 Å². The summed E-state index contributed by atoms with van der Waals surface area (Å²) in [6, 6.07) is 3.29. The van der Waals surface area contributed by atoms with Crippen molar-refractivity contribution in [3.8, 4) is 0 Å². The van der Waals surface area contributed by atoms with E-state index in [1.54, 1.807) is 19.1 Å². The summed E-state index contributed by atoms with van der Waals surface area (Å²) in [6.45, 7) is 1.80. The van der Waals surface area contributed by atoms with Crippen LogP contribution in [0.5, 0.6) is 0 Å². The Bertz CT molecular complexity index is 398. The fourth-order valence-electron chi connectivity index (χ4n) is 1.69. The van der Waals surface area contributed by atoms with Crippen molar-refractivity contribution in [2.75, 3.05) is 0 Å². The van der Waals surface area contributed by atoms with Gasteiger partial charge in [-0.1, -0.05) is 0 Å². The van der Waals surface area contributed by atoms with E-state index in [1.165, 1.54) is 6.26 Å². The molecule has 5 heteroatoms. The summed E-state index contributed by atoms with van der Waals surface area (Å²) in [6.07, 6.45) is 1.97. The molecule has 3 atom stereocenters. The van der Waals surface area contributed by atoms with Crippen LogP contribution in [0, 0.1) is 11.8 Å². The monoisotopic (exact) mass is 223 g/mol. The van der Waals surface area contributed by atoms with E-state index in [1.807, 2.05) is 0 Å². The summed E-state index contributed by atoms with van der Waals surface area (Å²) in [5.41, 5.74) is 0. The summed E-state index contributed by atoms with van der Waals surface area (Å²) in [5, 5.41) is 11.4. The Balaban J connectivity index is 1.87. The minimum atomic E-state index is -0.897. The molecule has 0 bridgehead atoms. The van der Waals surface area contributed by atoms with Crippen molar-refractivity contribution in [1.82, 2.24) is 5.32 Å². The molecule has 1 aliphatic carbocycles. The first-order valence-electron chi connectivity index (χ1n) is 5.16. The van der Waals surface area contributed by atoms with E-state index in [2.05, 4.69) is 5.32 Å². The lowest BCUT2D eigenvalue weighted by Crippen LogP contribution is -2.28. The van der Waals surface area contributed by atoms with Crippen LogP contribution in [-0.4, -0.2) is 17.0 Å². The highest BCUT2D eigenvalue weighted by atomic mass is 16.4. The van der Waals surface area contributed by atoms with Gasteiger partial charge in [-0.05, 0) is 25.5 Å². The number of hydrogen-bond donors (Lipinski definition) is 2. The van der Waals surface area contributed by atoms with Crippen molar-refractivity contribution in [2.24, 2.45) is 11.8 Å². The molecule has 2 rings (SSSR count). The van der Waals surface area contributed by atoms with Gasteiger partial charge in [0.05, 0.1) is 24.1 Å². The van der Waals surface area contributed by atoms with E-state index in [-0.39, 0.29) is 17.9 Å². The number of furan rings is 1. The number of amides is 1. The molecule has 86 valence electrons. The summed E-state index contributed by atoms with van der Waals surface area (Å²) >= 11 is 0. The topological polar surface area (TPSA) is 79.5 Å². The molecule has 0 saturated heterocycles. The lowest BCUT2D eigenvalue weighted by molar-refractivity contribution is -0.140. The first-order chi connectivity index (χ1) is 7.59. The normalized spacial score (nSPS) is 24.8. The number of carbonyl (C=O) groups is 2. The fraction of sp³-hybridized carbons (Fsp3) is 0.455. The Hall–Kier alpha value is -1.78. The molecule has 1 saturated carbocycles. The van der Waals surface area contributed by atoms with Crippen LogP contribution in [0.4, 0.5) is 0 Å². The third-order valence-electron chi connectivity index (χ3n) is 2.77. The molecule has 5 nitrogen and oxygen atoms in total. The van der Waals surface area contributed by atoms with Gasteiger partial charge in [0.2, 0.25) is 5.91 Å². The van der Waals surface area contributed by atoms with Gasteiger partial charge in [0.25, 0.3) is 0 Å². The molecular weight excluding hydrogens is 210 g/mol. The van der Waals surface area contributed by atoms with Gasteiger partial charge in [-0.25, -0.2) is 0 Å². The highest BCUT2D eigenvalue weighted by Crippen LogP contribution is 2.39. The van der Waals surface area contributed by atoms with Gasteiger partial charge in [-0.15, -0.1) is 0 Å². The zero-order valence-corrected chi connectivity index (χ0v) is 8.84. The summed E-state index contributed by atoms with van der Waals surface area (Å²) in [4.78, 5) is 22.2. The number of carboxylic acid groups (broad SMARTS) is 1. The molecule has 1 aromatic rings. The molecule has 1 amide bonds. The molecule has 1 aromatic heterocycles. The van der Waals surface area contributed by atoms with Crippen LogP contribution < -0.4 is 5.32 Å². The Morgan fingerprint density at radius 2 is 2.31 bits per heavy atom. The predicted molar refractivity (Wildman–Crippen MR) is 54.5 cm³/mol. The third kappa shape index (κ3) is 2.08. The van der Waals surface area contributed by atoms with Gasteiger partial charge in [-0.2, -0.15) is 0 Å². The molecule has 2 N–H and O–H groups in total. The third-order valence-corrected chi connectivity index (χ3v) is 2.77. The van der Waals surface area contributed by atoms with Gasteiger partial charge in [0.1, 0.15) is 5.76 Å². The van der Waals surface area contributed by atoms with E-state index in [0.29, 0.717) is 12.2 Å². The summed E-state index contributed by atoms with van der Waals surface area (Å²) in [5.74, 6) is -1.33. The fourth-order valence-corrected chi connectivity index (χ4v) is 1.69. The molecule has 3 unspecified atom stereocenters. The van der Waals surface area contributed by atoms with Crippen LogP contribution in [0.25, 0.3) is 0 Å². The van der Waals surface area contributed by atoms with Crippen molar-refractivity contribution in [3.05, 3.63) is 24.2 Å². The van der Waals surface area contributed by atoms with Crippen LogP contribution in [0.3, 0.4) is 0 Å². The molecule has 1 fully saturated rings. The standard InChI is InChI=1S/C11H13NO4/c1-6(9-3-2-4-16-9)12-10(13)7-5-8(7)11(14)15/h2-4,6-8H,5H2,1H3,(H,12,13)(H,14,15). The molecular formula is C11H13NO4. The second-order valence-corrected chi connectivity index (χ2v) is 4.03.